The van der Waals surface area contributed by atoms with Gasteiger partial charge >= 0.3 is 0 Å². The van der Waals surface area contributed by atoms with E-state index in [0.29, 0.717) is 25.9 Å². The Bertz CT molecular complexity index is 691. The first kappa shape index (κ1) is 18.4. The van der Waals surface area contributed by atoms with Crippen LogP contribution in [0, 0.1) is 0 Å². The average molecular weight is 357 g/mol. The Balaban J connectivity index is 1.50. The number of aromatic nitrogens is 3. The molecule has 1 fully saturated rings. The van der Waals surface area contributed by atoms with Crippen molar-refractivity contribution in [2.24, 2.45) is 0 Å². The quantitative estimate of drug-likeness (QED) is 0.814. The summed E-state index contributed by atoms with van der Waals surface area (Å²) >= 11 is 0. The topological polar surface area (TPSA) is 74.5 Å². The highest BCUT2D eigenvalue weighted by atomic mass is 16.3. The van der Waals surface area contributed by atoms with E-state index in [2.05, 4.69) is 15.0 Å². The fraction of sp³-hybridized carbons (Fsp3) is 0.526. The molecule has 1 N–H and O–H groups in total. The van der Waals surface area contributed by atoms with Crippen molar-refractivity contribution < 1.29 is 9.90 Å². The van der Waals surface area contributed by atoms with Gasteiger partial charge in [-0.25, -0.2) is 4.98 Å². The molecule has 3 rings (SSSR count). The largest absolute Gasteiger partial charge is 0.386 e. The Morgan fingerprint density at radius 3 is 2.96 bits per heavy atom. The van der Waals surface area contributed by atoms with Gasteiger partial charge in [0.2, 0.25) is 5.91 Å². The highest BCUT2D eigenvalue weighted by molar-refractivity contribution is 5.75. The molecule has 0 aliphatic carbocycles. The number of carbonyl (C=O) groups is 1. The third-order valence-electron chi connectivity index (χ3n) is 4.82. The van der Waals surface area contributed by atoms with Crippen molar-refractivity contribution in [3.8, 4) is 0 Å². The van der Waals surface area contributed by atoms with Gasteiger partial charge in [0, 0.05) is 51.7 Å². The van der Waals surface area contributed by atoms with Gasteiger partial charge in [-0.2, -0.15) is 5.10 Å². The minimum atomic E-state index is -0.901. The molecule has 0 spiro atoms. The van der Waals surface area contributed by atoms with Gasteiger partial charge < -0.3 is 14.9 Å². The molecule has 1 amide bonds. The summed E-state index contributed by atoms with van der Waals surface area (Å²) < 4.78 is 1.83. The van der Waals surface area contributed by atoms with Crippen molar-refractivity contribution in [2.75, 3.05) is 31.6 Å². The smallest absolute Gasteiger partial charge is 0.222 e. The fourth-order valence-corrected chi connectivity index (χ4v) is 3.52. The van der Waals surface area contributed by atoms with Gasteiger partial charge in [0.05, 0.1) is 12.1 Å². The molecule has 3 heterocycles. The number of carbonyl (C=O) groups excluding carboxylic acids is 1. The van der Waals surface area contributed by atoms with Gasteiger partial charge in [-0.3, -0.25) is 9.48 Å². The summed E-state index contributed by atoms with van der Waals surface area (Å²) in [7, 11) is 1.77. The fourth-order valence-electron chi connectivity index (χ4n) is 3.52. The molecule has 7 nitrogen and oxygen atoms in total. The zero-order valence-corrected chi connectivity index (χ0v) is 15.3. The number of piperidine rings is 1. The first-order valence-electron chi connectivity index (χ1n) is 9.15. The monoisotopic (exact) mass is 357 g/mol. The number of aliphatic hydroxyl groups is 1. The van der Waals surface area contributed by atoms with Crippen LogP contribution in [0.15, 0.2) is 42.9 Å². The summed E-state index contributed by atoms with van der Waals surface area (Å²) in [6.45, 7) is 2.44. The second-order valence-electron chi connectivity index (χ2n) is 7.06. The molecule has 1 saturated heterocycles. The second kappa shape index (κ2) is 8.31. The molecule has 0 bridgehead atoms. The SMILES string of the molecule is CN(C[C@]1(O)CCCN(c2ccccn2)C1)C(=O)CCCn1cccn1. The third-order valence-corrected chi connectivity index (χ3v) is 4.82. The summed E-state index contributed by atoms with van der Waals surface area (Å²) in [5.74, 6) is 0.930. The lowest BCUT2D eigenvalue weighted by atomic mass is 9.92. The number of anilines is 1. The van der Waals surface area contributed by atoms with E-state index >= 15 is 0 Å². The molecule has 140 valence electrons. The molecule has 0 radical (unpaired) electrons. The van der Waals surface area contributed by atoms with Crippen LogP contribution in [0.1, 0.15) is 25.7 Å². The van der Waals surface area contributed by atoms with Crippen LogP contribution in [0.3, 0.4) is 0 Å². The lowest BCUT2D eigenvalue weighted by Gasteiger charge is -2.41. The Hall–Kier alpha value is -2.41. The molecule has 1 aliphatic rings. The molecular weight excluding hydrogens is 330 g/mol. The predicted molar refractivity (Wildman–Crippen MR) is 99.7 cm³/mol. The maximum Gasteiger partial charge on any atom is 0.222 e. The standard InChI is InChI=1S/C19H27N5O2/c1-22(18(25)8-4-13-24-14-6-11-21-24)15-19(26)9-5-12-23(16-19)17-7-2-3-10-20-17/h2-3,6-7,10-11,14,26H,4-5,8-9,12-13,15-16H2,1H3/t19-/m1/s1. The summed E-state index contributed by atoms with van der Waals surface area (Å²) in [6.07, 6.45) is 8.17. The van der Waals surface area contributed by atoms with Crippen LogP contribution in [0.4, 0.5) is 5.82 Å². The summed E-state index contributed by atoms with van der Waals surface area (Å²) in [5, 5.41) is 15.2. The van der Waals surface area contributed by atoms with E-state index < -0.39 is 5.60 Å². The van der Waals surface area contributed by atoms with Crippen LogP contribution in [0.25, 0.3) is 0 Å². The Morgan fingerprint density at radius 1 is 1.35 bits per heavy atom. The summed E-state index contributed by atoms with van der Waals surface area (Å²) in [5.41, 5.74) is -0.901. The lowest BCUT2D eigenvalue weighted by molar-refractivity contribution is -0.133. The van der Waals surface area contributed by atoms with Gasteiger partial charge in [0.1, 0.15) is 5.82 Å². The zero-order valence-electron chi connectivity index (χ0n) is 15.3. The Kier molecular flexibility index (Phi) is 5.88. The number of amides is 1. The van der Waals surface area contributed by atoms with E-state index in [0.717, 1.165) is 31.7 Å². The molecule has 0 unspecified atom stereocenters. The molecule has 1 atom stereocenters. The van der Waals surface area contributed by atoms with E-state index in [-0.39, 0.29) is 5.91 Å². The van der Waals surface area contributed by atoms with Crippen molar-refractivity contribution >= 4 is 11.7 Å². The first-order chi connectivity index (χ1) is 12.6. The van der Waals surface area contributed by atoms with Crippen molar-refractivity contribution in [1.82, 2.24) is 19.7 Å². The van der Waals surface area contributed by atoms with Crippen LogP contribution in [0.5, 0.6) is 0 Å². The van der Waals surface area contributed by atoms with Crippen LogP contribution >= 0.6 is 0 Å². The van der Waals surface area contributed by atoms with Gasteiger partial charge in [-0.1, -0.05) is 6.07 Å². The normalized spacial score (nSPS) is 20.2. The van der Waals surface area contributed by atoms with E-state index in [1.54, 1.807) is 24.3 Å². The summed E-state index contributed by atoms with van der Waals surface area (Å²) in [6, 6.07) is 7.66. The maximum absolute atomic E-state index is 12.4. The number of aryl methyl sites for hydroxylation is 1. The van der Waals surface area contributed by atoms with Crippen LogP contribution in [-0.2, 0) is 11.3 Å². The molecule has 2 aromatic rings. The van der Waals surface area contributed by atoms with Crippen LogP contribution in [0.2, 0.25) is 0 Å². The summed E-state index contributed by atoms with van der Waals surface area (Å²) in [4.78, 5) is 20.5. The zero-order chi connectivity index (χ0) is 18.4. The van der Waals surface area contributed by atoms with Crippen molar-refractivity contribution in [3.05, 3.63) is 42.9 Å². The minimum Gasteiger partial charge on any atom is -0.386 e. The highest BCUT2D eigenvalue weighted by Crippen LogP contribution is 2.25. The number of hydrogen-bond donors (Lipinski definition) is 1. The third kappa shape index (κ3) is 4.82. The molecule has 2 aromatic heterocycles. The van der Waals surface area contributed by atoms with Crippen molar-refractivity contribution in [2.45, 2.75) is 37.8 Å². The lowest BCUT2D eigenvalue weighted by Crippen LogP contribution is -2.54. The average Bonchev–Trinajstić information content (AvgIpc) is 3.15. The molecule has 0 saturated carbocycles. The minimum absolute atomic E-state index is 0.0561. The van der Waals surface area contributed by atoms with Gasteiger partial charge in [-0.05, 0) is 37.5 Å². The molecule has 0 aromatic carbocycles. The number of nitrogens with zero attached hydrogens (tertiary/aromatic N) is 5. The molecular formula is C19H27N5O2. The number of β-amino-alcohol motifs (C(OH)–C–C–N with tert-alkyl or cyclic N) is 1. The molecule has 1 aliphatic heterocycles. The van der Waals surface area contributed by atoms with Gasteiger partial charge in [0.15, 0.2) is 0 Å². The molecule has 7 heteroatoms. The predicted octanol–water partition coefficient (Wildman–Crippen LogP) is 1.55. The van der Waals surface area contributed by atoms with Crippen LogP contribution < -0.4 is 4.90 Å². The maximum atomic E-state index is 12.4. The van der Waals surface area contributed by atoms with Gasteiger partial charge in [-0.15, -0.1) is 0 Å². The number of hydrogen-bond acceptors (Lipinski definition) is 5. The highest BCUT2D eigenvalue weighted by Gasteiger charge is 2.35. The molecule has 26 heavy (non-hydrogen) atoms. The van der Waals surface area contributed by atoms with Crippen molar-refractivity contribution in [3.63, 3.8) is 0 Å². The Labute approximate surface area is 154 Å². The van der Waals surface area contributed by atoms with Crippen molar-refractivity contribution in [1.29, 1.82) is 0 Å². The van der Waals surface area contributed by atoms with E-state index in [9.17, 15) is 9.90 Å². The van der Waals surface area contributed by atoms with Gasteiger partial charge in [0.25, 0.3) is 0 Å². The van der Waals surface area contributed by atoms with E-state index in [1.165, 1.54) is 0 Å². The number of likely N-dealkylation sites (N-methyl/N-ethyl adjacent to an activating group) is 1. The van der Waals surface area contributed by atoms with E-state index in [4.69, 9.17) is 0 Å². The van der Waals surface area contributed by atoms with E-state index in [1.807, 2.05) is 35.1 Å². The second-order valence-corrected chi connectivity index (χ2v) is 7.06. The Morgan fingerprint density at radius 2 is 2.23 bits per heavy atom. The van der Waals surface area contributed by atoms with Crippen LogP contribution in [-0.4, -0.2) is 63.0 Å². The number of rotatable bonds is 7. The first-order valence-corrected chi connectivity index (χ1v) is 9.15. The number of pyridine rings is 1.